The number of benzene rings is 1. The first kappa shape index (κ1) is 18.6. The first-order valence-electron chi connectivity index (χ1n) is 8.84. The lowest BCUT2D eigenvalue weighted by molar-refractivity contribution is -0.137. The van der Waals surface area contributed by atoms with Crippen LogP contribution in [0.4, 0.5) is 10.5 Å². The molecule has 2 heterocycles. The molecular weight excluding hydrogens is 348 g/mol. The largest absolute Gasteiger partial charge is 0.480 e. The second-order valence-electron chi connectivity index (χ2n) is 6.68. The predicted octanol–water partition coefficient (Wildman–Crippen LogP) is 2.58. The minimum Gasteiger partial charge on any atom is -0.480 e. The number of carboxylic acids is 1. The van der Waals surface area contributed by atoms with Gasteiger partial charge >= 0.3 is 12.0 Å². The van der Waals surface area contributed by atoms with Crippen LogP contribution in [0.15, 0.2) is 36.5 Å². The molecule has 8 heteroatoms. The van der Waals surface area contributed by atoms with Crippen LogP contribution in [0.25, 0.3) is 0 Å². The summed E-state index contributed by atoms with van der Waals surface area (Å²) in [6, 6.07) is 8.42. The first-order chi connectivity index (χ1) is 12.9. The standard InChI is InChI=1S/C19H22N4O4/c1-13(24)14-4-6-16(7-5-14)20-19(27)22-9-2-3-15(11-22)17-8-10-23(21-17)12-18(25)26/h4-8,10,15H,2-3,9,11-12H2,1H3,(H,20,27)(H,25,26). The van der Waals surface area contributed by atoms with Crippen molar-refractivity contribution in [1.82, 2.24) is 14.7 Å². The molecule has 1 unspecified atom stereocenters. The van der Waals surface area contributed by atoms with Crippen molar-refractivity contribution >= 4 is 23.5 Å². The van der Waals surface area contributed by atoms with Crippen molar-refractivity contribution < 1.29 is 19.5 Å². The van der Waals surface area contributed by atoms with E-state index in [0.29, 0.717) is 24.3 Å². The number of rotatable bonds is 5. The molecule has 27 heavy (non-hydrogen) atoms. The fourth-order valence-corrected chi connectivity index (χ4v) is 3.22. The lowest BCUT2D eigenvalue weighted by Crippen LogP contribution is -2.41. The molecule has 142 valence electrons. The molecule has 8 nitrogen and oxygen atoms in total. The van der Waals surface area contributed by atoms with Crippen molar-refractivity contribution in [2.24, 2.45) is 0 Å². The van der Waals surface area contributed by atoms with Gasteiger partial charge < -0.3 is 15.3 Å². The number of piperidine rings is 1. The van der Waals surface area contributed by atoms with Crippen LogP contribution in [-0.4, -0.2) is 50.7 Å². The summed E-state index contributed by atoms with van der Waals surface area (Å²) in [5, 5.41) is 16.0. The summed E-state index contributed by atoms with van der Waals surface area (Å²) < 4.78 is 1.40. The summed E-state index contributed by atoms with van der Waals surface area (Å²) in [6.07, 6.45) is 3.41. The molecular formula is C19H22N4O4. The van der Waals surface area contributed by atoms with E-state index in [0.717, 1.165) is 18.5 Å². The number of likely N-dealkylation sites (tertiary alicyclic amines) is 1. The Bertz CT molecular complexity index is 844. The van der Waals surface area contributed by atoms with Gasteiger partial charge in [0.15, 0.2) is 5.78 Å². The zero-order valence-corrected chi connectivity index (χ0v) is 15.1. The van der Waals surface area contributed by atoms with Crippen LogP contribution in [0.2, 0.25) is 0 Å². The topological polar surface area (TPSA) is 105 Å². The van der Waals surface area contributed by atoms with E-state index in [1.54, 1.807) is 35.4 Å². The van der Waals surface area contributed by atoms with Gasteiger partial charge in [-0.3, -0.25) is 14.3 Å². The van der Waals surface area contributed by atoms with Crippen molar-refractivity contribution in [2.75, 3.05) is 18.4 Å². The molecule has 2 amide bonds. The SMILES string of the molecule is CC(=O)c1ccc(NC(=O)N2CCCC(c3ccn(CC(=O)O)n3)C2)cc1. The van der Waals surface area contributed by atoms with E-state index in [9.17, 15) is 14.4 Å². The second-order valence-corrected chi connectivity index (χ2v) is 6.68. The van der Waals surface area contributed by atoms with Gasteiger partial charge in [0, 0.05) is 36.5 Å². The molecule has 1 aliphatic rings. The smallest absolute Gasteiger partial charge is 0.325 e. The average molecular weight is 370 g/mol. The molecule has 1 aromatic heterocycles. The van der Waals surface area contributed by atoms with E-state index in [1.165, 1.54) is 11.6 Å². The van der Waals surface area contributed by atoms with Crippen LogP contribution in [0, 0.1) is 0 Å². The molecule has 1 saturated heterocycles. The highest BCUT2D eigenvalue weighted by molar-refractivity contribution is 5.95. The fraction of sp³-hybridized carbons (Fsp3) is 0.368. The molecule has 1 aliphatic heterocycles. The molecule has 2 aromatic rings. The number of carbonyl (C=O) groups is 3. The number of hydrogen-bond acceptors (Lipinski definition) is 4. The van der Waals surface area contributed by atoms with E-state index < -0.39 is 5.97 Å². The second kappa shape index (κ2) is 8.03. The number of nitrogens with one attached hydrogen (secondary N) is 1. The van der Waals surface area contributed by atoms with Crippen molar-refractivity contribution in [1.29, 1.82) is 0 Å². The monoisotopic (exact) mass is 370 g/mol. The van der Waals surface area contributed by atoms with Crippen LogP contribution in [0.5, 0.6) is 0 Å². The first-order valence-corrected chi connectivity index (χ1v) is 8.84. The summed E-state index contributed by atoms with van der Waals surface area (Å²) in [5.74, 6) is -0.876. The molecule has 1 atom stereocenters. The fourth-order valence-electron chi connectivity index (χ4n) is 3.22. The number of ketones is 1. The van der Waals surface area contributed by atoms with Gasteiger partial charge in [0.25, 0.3) is 0 Å². The number of hydrogen-bond donors (Lipinski definition) is 2. The Morgan fingerprint density at radius 3 is 2.63 bits per heavy atom. The Labute approximate surface area is 156 Å². The Morgan fingerprint density at radius 1 is 1.22 bits per heavy atom. The maximum Gasteiger partial charge on any atom is 0.325 e. The third-order valence-electron chi connectivity index (χ3n) is 4.63. The Hall–Kier alpha value is -3.16. The van der Waals surface area contributed by atoms with E-state index in [4.69, 9.17) is 5.11 Å². The highest BCUT2D eigenvalue weighted by Gasteiger charge is 2.26. The summed E-state index contributed by atoms with van der Waals surface area (Å²) in [5.41, 5.74) is 2.04. The van der Waals surface area contributed by atoms with E-state index in [2.05, 4.69) is 10.4 Å². The summed E-state index contributed by atoms with van der Waals surface area (Å²) >= 11 is 0. The average Bonchev–Trinajstić information content (AvgIpc) is 3.10. The van der Waals surface area contributed by atoms with Gasteiger partial charge in [0.05, 0.1) is 5.69 Å². The normalized spacial score (nSPS) is 16.8. The van der Waals surface area contributed by atoms with Crippen LogP contribution < -0.4 is 5.32 Å². The maximum absolute atomic E-state index is 12.6. The molecule has 1 fully saturated rings. The minimum atomic E-state index is -0.940. The molecule has 0 aliphatic carbocycles. The molecule has 0 saturated carbocycles. The zero-order chi connectivity index (χ0) is 19.4. The van der Waals surface area contributed by atoms with Gasteiger partial charge in [0.2, 0.25) is 0 Å². The van der Waals surface area contributed by atoms with Crippen molar-refractivity contribution in [2.45, 2.75) is 32.2 Å². The number of carboxylic acid groups (broad SMARTS) is 1. The number of aromatic nitrogens is 2. The predicted molar refractivity (Wildman–Crippen MR) is 98.9 cm³/mol. The number of carbonyl (C=O) groups excluding carboxylic acids is 2. The minimum absolute atomic E-state index is 0.0194. The molecule has 0 spiro atoms. The number of amides is 2. The highest BCUT2D eigenvalue weighted by atomic mass is 16.4. The Balaban J connectivity index is 1.61. The zero-order valence-electron chi connectivity index (χ0n) is 15.1. The molecule has 1 aromatic carbocycles. The van der Waals surface area contributed by atoms with E-state index in [1.807, 2.05) is 6.07 Å². The Morgan fingerprint density at radius 2 is 1.96 bits per heavy atom. The number of nitrogens with zero attached hydrogens (tertiary/aromatic N) is 3. The summed E-state index contributed by atoms with van der Waals surface area (Å²) in [7, 11) is 0. The molecule has 3 rings (SSSR count). The molecule has 0 radical (unpaired) electrons. The Kier molecular flexibility index (Phi) is 5.54. The van der Waals surface area contributed by atoms with E-state index in [-0.39, 0.29) is 24.3 Å². The van der Waals surface area contributed by atoms with Gasteiger partial charge in [-0.2, -0.15) is 5.10 Å². The lowest BCUT2D eigenvalue weighted by Gasteiger charge is -2.32. The molecule has 2 N–H and O–H groups in total. The summed E-state index contributed by atoms with van der Waals surface area (Å²) in [4.78, 5) is 36.4. The van der Waals surface area contributed by atoms with Gasteiger partial charge in [-0.1, -0.05) is 0 Å². The number of urea groups is 1. The van der Waals surface area contributed by atoms with Crippen molar-refractivity contribution in [3.8, 4) is 0 Å². The van der Waals surface area contributed by atoms with Gasteiger partial charge in [-0.05, 0) is 50.1 Å². The third-order valence-corrected chi connectivity index (χ3v) is 4.63. The van der Waals surface area contributed by atoms with Crippen LogP contribution in [-0.2, 0) is 11.3 Å². The summed E-state index contributed by atoms with van der Waals surface area (Å²) in [6.45, 7) is 2.51. The van der Waals surface area contributed by atoms with Crippen LogP contribution in [0.3, 0.4) is 0 Å². The lowest BCUT2D eigenvalue weighted by atomic mass is 9.95. The number of anilines is 1. The van der Waals surface area contributed by atoms with Crippen LogP contribution in [0.1, 0.15) is 41.7 Å². The number of Topliss-reactive ketones (excluding diaryl/α,β-unsaturated/α-hetero) is 1. The quantitative estimate of drug-likeness (QED) is 0.787. The highest BCUT2D eigenvalue weighted by Crippen LogP contribution is 2.26. The van der Waals surface area contributed by atoms with Gasteiger partial charge in [-0.25, -0.2) is 4.79 Å². The van der Waals surface area contributed by atoms with Crippen molar-refractivity contribution in [3.63, 3.8) is 0 Å². The maximum atomic E-state index is 12.6. The van der Waals surface area contributed by atoms with Gasteiger partial charge in [0.1, 0.15) is 6.54 Å². The third kappa shape index (κ3) is 4.72. The van der Waals surface area contributed by atoms with Crippen LogP contribution >= 0.6 is 0 Å². The number of aliphatic carboxylic acids is 1. The molecule has 0 bridgehead atoms. The van der Waals surface area contributed by atoms with Crippen molar-refractivity contribution in [3.05, 3.63) is 47.8 Å². The van der Waals surface area contributed by atoms with Gasteiger partial charge in [-0.15, -0.1) is 0 Å². The van der Waals surface area contributed by atoms with E-state index >= 15 is 0 Å².